The van der Waals surface area contributed by atoms with Gasteiger partial charge in [0.2, 0.25) is 0 Å². The van der Waals surface area contributed by atoms with Crippen LogP contribution in [0.2, 0.25) is 0 Å². The Morgan fingerprint density at radius 3 is 1.34 bits per heavy atom. The van der Waals surface area contributed by atoms with Gasteiger partial charge in [0, 0.05) is 6.61 Å². The van der Waals surface area contributed by atoms with E-state index in [0.717, 1.165) is 25.4 Å². The van der Waals surface area contributed by atoms with Gasteiger partial charge in [0.15, 0.2) is 0 Å². The molecule has 2 aromatic rings. The van der Waals surface area contributed by atoms with Crippen LogP contribution in [0.3, 0.4) is 0 Å². The Morgan fingerprint density at radius 2 is 0.868 bits per heavy atom. The molecule has 1 unspecified atom stereocenters. The lowest BCUT2D eigenvalue weighted by molar-refractivity contribution is 0.0627. The van der Waals surface area contributed by atoms with Crippen LogP contribution in [-0.4, -0.2) is 13.2 Å². The molecule has 0 saturated carbocycles. The maximum Gasteiger partial charge on any atom is 0.119 e. The second-order valence-electron chi connectivity index (χ2n) is 11.2. The minimum absolute atomic E-state index is 0.148. The molecule has 0 spiro atoms. The smallest absolute Gasteiger partial charge is 0.119 e. The third-order valence-electron chi connectivity index (χ3n) is 7.70. The first-order valence-electron chi connectivity index (χ1n) is 16.2. The van der Waals surface area contributed by atoms with E-state index in [2.05, 4.69) is 69.3 Å². The highest BCUT2D eigenvalue weighted by Gasteiger charge is 2.07. The van der Waals surface area contributed by atoms with E-state index in [1.807, 2.05) is 0 Å². The fourth-order valence-corrected chi connectivity index (χ4v) is 5.06. The summed E-state index contributed by atoms with van der Waals surface area (Å²) in [5.74, 6) is 0.969. The zero-order valence-electron chi connectivity index (χ0n) is 25.2. The molecule has 0 aliphatic heterocycles. The molecule has 2 aromatic carbocycles. The van der Waals surface area contributed by atoms with Gasteiger partial charge >= 0.3 is 0 Å². The van der Waals surface area contributed by atoms with Gasteiger partial charge in [-0.25, -0.2) is 0 Å². The summed E-state index contributed by atoms with van der Waals surface area (Å²) in [6, 6.07) is 17.4. The number of benzene rings is 2. The first kappa shape index (κ1) is 32.4. The monoisotopic (exact) mass is 522 g/mol. The molecule has 1 atom stereocenters. The van der Waals surface area contributed by atoms with E-state index in [-0.39, 0.29) is 6.10 Å². The molecule has 0 heterocycles. The summed E-state index contributed by atoms with van der Waals surface area (Å²) in [6.07, 6.45) is 24.5. The van der Waals surface area contributed by atoms with Crippen molar-refractivity contribution < 1.29 is 9.47 Å². The van der Waals surface area contributed by atoms with Crippen LogP contribution in [0.4, 0.5) is 0 Å². The molecule has 0 aliphatic rings. The molecule has 2 rings (SSSR count). The largest absolute Gasteiger partial charge is 0.494 e. The average molecular weight is 523 g/mol. The van der Waals surface area contributed by atoms with Gasteiger partial charge in [-0.05, 0) is 48.6 Å². The second-order valence-corrected chi connectivity index (χ2v) is 11.2. The quantitative estimate of drug-likeness (QED) is 0.128. The molecule has 2 nitrogen and oxygen atoms in total. The Hall–Kier alpha value is -1.80. The normalized spacial score (nSPS) is 12.1. The van der Waals surface area contributed by atoms with Crippen molar-refractivity contribution in [2.24, 2.45) is 0 Å². The molecule has 0 radical (unpaired) electrons. The third-order valence-corrected chi connectivity index (χ3v) is 7.70. The lowest BCUT2D eigenvalue weighted by atomic mass is 10.0. The van der Waals surface area contributed by atoms with Gasteiger partial charge in [-0.2, -0.15) is 0 Å². The minimum atomic E-state index is 0.148. The molecule has 38 heavy (non-hydrogen) atoms. The molecule has 0 fully saturated rings. The maximum atomic E-state index is 6.14. The molecule has 0 amide bonds. The van der Waals surface area contributed by atoms with E-state index in [1.54, 1.807) is 0 Å². The maximum absolute atomic E-state index is 6.14. The van der Waals surface area contributed by atoms with Crippen molar-refractivity contribution in [2.75, 3.05) is 13.2 Å². The molecular formula is C36H58O2. The topological polar surface area (TPSA) is 18.5 Å². The highest BCUT2D eigenvalue weighted by molar-refractivity contribution is 5.64. The van der Waals surface area contributed by atoms with E-state index < -0.39 is 0 Å². The van der Waals surface area contributed by atoms with E-state index in [1.165, 1.54) is 126 Å². The van der Waals surface area contributed by atoms with Crippen molar-refractivity contribution in [3.63, 3.8) is 0 Å². The Labute approximate surface area is 235 Å². The summed E-state index contributed by atoms with van der Waals surface area (Å²) in [4.78, 5) is 0. The lowest BCUT2D eigenvalue weighted by Crippen LogP contribution is -2.01. The molecule has 0 saturated heterocycles. The van der Waals surface area contributed by atoms with Gasteiger partial charge in [-0.1, -0.05) is 153 Å². The number of hydrogen-bond donors (Lipinski definition) is 0. The second kappa shape index (κ2) is 22.1. The number of unbranched alkanes of at least 4 members (excludes halogenated alkanes) is 16. The number of ether oxygens (including phenoxy) is 2. The predicted molar refractivity (Wildman–Crippen MR) is 166 cm³/mol. The molecule has 2 heteroatoms. The Bertz CT molecular complexity index is 780. The number of rotatable bonds is 24. The Morgan fingerprint density at radius 1 is 0.474 bits per heavy atom. The van der Waals surface area contributed by atoms with Crippen LogP contribution < -0.4 is 4.74 Å². The predicted octanol–water partition coefficient (Wildman–Crippen LogP) is 11.9. The first-order chi connectivity index (χ1) is 18.7. The van der Waals surface area contributed by atoms with Crippen molar-refractivity contribution in [1.29, 1.82) is 0 Å². The fourth-order valence-electron chi connectivity index (χ4n) is 5.06. The highest BCUT2D eigenvalue weighted by atomic mass is 16.5. The van der Waals surface area contributed by atoms with Gasteiger partial charge in [0.05, 0.1) is 12.7 Å². The SMILES string of the molecule is CCCCCCCCCCCCCCCOC(C)c1ccc(-c2ccc(OCCCCCCC)cc2)cc1. The van der Waals surface area contributed by atoms with Crippen molar-refractivity contribution >= 4 is 0 Å². The van der Waals surface area contributed by atoms with E-state index in [9.17, 15) is 0 Å². The molecule has 0 bridgehead atoms. The zero-order chi connectivity index (χ0) is 27.1. The van der Waals surface area contributed by atoms with Crippen molar-refractivity contribution in [3.05, 3.63) is 54.1 Å². The van der Waals surface area contributed by atoms with Crippen LogP contribution >= 0.6 is 0 Å². The summed E-state index contributed by atoms with van der Waals surface area (Å²) in [5, 5.41) is 0. The summed E-state index contributed by atoms with van der Waals surface area (Å²) in [6.45, 7) is 8.39. The lowest BCUT2D eigenvalue weighted by Gasteiger charge is -2.14. The van der Waals surface area contributed by atoms with Gasteiger partial charge in [0.25, 0.3) is 0 Å². The van der Waals surface area contributed by atoms with E-state index in [4.69, 9.17) is 9.47 Å². The standard InChI is InChI=1S/C36H58O2/c1-4-6-8-10-11-12-13-14-15-16-17-19-20-30-37-32(3)33-22-24-34(25-23-33)35-26-28-36(29-27-35)38-31-21-18-9-7-5-2/h22-29,32H,4-21,30-31H2,1-3H3. The summed E-state index contributed by atoms with van der Waals surface area (Å²) in [7, 11) is 0. The van der Waals surface area contributed by atoms with Gasteiger partial charge in [0.1, 0.15) is 5.75 Å². The van der Waals surface area contributed by atoms with Crippen molar-refractivity contribution in [1.82, 2.24) is 0 Å². The molecule has 214 valence electrons. The van der Waals surface area contributed by atoms with Crippen LogP contribution in [0.15, 0.2) is 48.5 Å². The molecule has 0 aliphatic carbocycles. The van der Waals surface area contributed by atoms with Crippen molar-refractivity contribution in [2.45, 2.75) is 142 Å². The minimum Gasteiger partial charge on any atom is -0.494 e. The van der Waals surface area contributed by atoms with Crippen LogP contribution in [-0.2, 0) is 4.74 Å². The molecule has 0 aromatic heterocycles. The highest BCUT2D eigenvalue weighted by Crippen LogP contribution is 2.26. The van der Waals surface area contributed by atoms with Crippen LogP contribution in [0.25, 0.3) is 11.1 Å². The third kappa shape index (κ3) is 15.0. The Kier molecular flexibility index (Phi) is 18.8. The van der Waals surface area contributed by atoms with Crippen molar-refractivity contribution in [3.8, 4) is 16.9 Å². The van der Waals surface area contributed by atoms with Crippen LogP contribution in [0, 0.1) is 0 Å². The van der Waals surface area contributed by atoms with Crippen LogP contribution in [0.5, 0.6) is 5.75 Å². The molecule has 0 N–H and O–H groups in total. The van der Waals surface area contributed by atoms with Gasteiger partial charge < -0.3 is 9.47 Å². The fraction of sp³-hybridized carbons (Fsp3) is 0.667. The Balaban J connectivity index is 1.53. The number of hydrogen-bond acceptors (Lipinski definition) is 2. The first-order valence-corrected chi connectivity index (χ1v) is 16.2. The molecular weight excluding hydrogens is 464 g/mol. The van der Waals surface area contributed by atoms with Crippen LogP contribution in [0.1, 0.15) is 148 Å². The summed E-state index contributed by atoms with van der Waals surface area (Å²) < 4.78 is 12.1. The summed E-state index contributed by atoms with van der Waals surface area (Å²) in [5.41, 5.74) is 3.72. The zero-order valence-corrected chi connectivity index (χ0v) is 25.2. The van der Waals surface area contributed by atoms with Gasteiger partial charge in [-0.15, -0.1) is 0 Å². The summed E-state index contributed by atoms with van der Waals surface area (Å²) >= 11 is 0. The van der Waals surface area contributed by atoms with E-state index >= 15 is 0 Å². The van der Waals surface area contributed by atoms with E-state index in [0.29, 0.717) is 0 Å². The average Bonchev–Trinajstić information content (AvgIpc) is 2.95. The van der Waals surface area contributed by atoms with Gasteiger partial charge in [-0.3, -0.25) is 0 Å².